The maximum absolute atomic E-state index is 5.94. The van der Waals surface area contributed by atoms with Gasteiger partial charge in [0.15, 0.2) is 16.6 Å². The Morgan fingerprint density at radius 3 is 1.17 bits per heavy atom. The van der Waals surface area contributed by atoms with Crippen LogP contribution in [0.3, 0.4) is 0 Å². The van der Waals surface area contributed by atoms with Gasteiger partial charge in [-0.2, -0.15) is 34.6 Å². The molecule has 0 unspecified atom stereocenters. The molecule has 0 aliphatic carbocycles. The maximum atomic E-state index is 5.94. The minimum atomic E-state index is -1.32. The average Bonchev–Trinajstić information content (AvgIpc) is 3.35. The topological polar surface area (TPSA) is 18.5 Å². The summed E-state index contributed by atoms with van der Waals surface area (Å²) in [6, 6.07) is 20.1. The molecule has 0 amide bonds. The Kier molecular flexibility index (Phi) is 21.9. The largest absolute Gasteiger partial charge is 1.00 e. The summed E-state index contributed by atoms with van der Waals surface area (Å²) in [4.78, 5) is 0. The van der Waals surface area contributed by atoms with Crippen LogP contribution in [-0.2, 0) is 33.1 Å². The van der Waals surface area contributed by atoms with Crippen molar-refractivity contribution in [2.24, 2.45) is 0 Å². The van der Waals surface area contributed by atoms with Crippen molar-refractivity contribution >= 4 is 46.9 Å². The van der Waals surface area contributed by atoms with E-state index in [-0.39, 0.29) is 24.8 Å². The Labute approximate surface area is 249 Å². The molecule has 0 saturated heterocycles. The molecule has 2 rings (SSSR count). The van der Waals surface area contributed by atoms with E-state index in [1.165, 1.54) is 36.3 Å². The van der Waals surface area contributed by atoms with E-state index in [1.54, 1.807) is 10.4 Å². The van der Waals surface area contributed by atoms with Crippen molar-refractivity contribution < 1.29 is 57.9 Å². The second-order valence-electron chi connectivity index (χ2n) is 11.8. The van der Waals surface area contributed by atoms with Gasteiger partial charge in [0, 0.05) is 13.2 Å². The van der Waals surface area contributed by atoms with Gasteiger partial charge in [0.1, 0.15) is 0 Å². The van der Waals surface area contributed by atoms with Crippen molar-refractivity contribution in [2.45, 2.75) is 84.5 Å². The fraction of sp³-hybridized carbons (Fsp3) is 0.577. The van der Waals surface area contributed by atoms with Gasteiger partial charge in [-0.05, 0) is 51.4 Å². The molecule has 0 heterocycles. The van der Waals surface area contributed by atoms with Crippen LogP contribution in [-0.4, -0.2) is 49.7 Å². The summed E-state index contributed by atoms with van der Waals surface area (Å²) in [5.41, 5.74) is 0. The summed E-state index contributed by atoms with van der Waals surface area (Å²) in [5, 5.41) is 3.11. The number of hydrogen-bond acceptors (Lipinski definition) is 2. The molecule has 9 heteroatoms. The van der Waals surface area contributed by atoms with E-state index in [0.717, 1.165) is 13.2 Å². The third-order valence-electron chi connectivity index (χ3n) is 5.41. The van der Waals surface area contributed by atoms with E-state index in [4.69, 9.17) is 8.85 Å². The normalized spacial score (nSPS) is 11.7. The fourth-order valence-corrected chi connectivity index (χ4v) is 8.99. The molecule has 0 N–H and O–H groups in total. The Bertz CT molecular complexity index is 689. The van der Waals surface area contributed by atoms with Gasteiger partial charge in [-0.3, -0.25) is 0 Å². The first-order valence-electron chi connectivity index (χ1n) is 12.2. The van der Waals surface area contributed by atoms with Crippen molar-refractivity contribution in [1.29, 1.82) is 0 Å². The zero-order valence-electron chi connectivity index (χ0n) is 24.1. The van der Waals surface area contributed by atoms with Crippen molar-refractivity contribution in [3.8, 4) is 0 Å². The summed E-state index contributed by atoms with van der Waals surface area (Å²) >= 11 is 1.51. The third kappa shape index (κ3) is 20.5. The molecule has 0 aliphatic rings. The van der Waals surface area contributed by atoms with E-state index in [9.17, 15) is 0 Å². The molecule has 2 nitrogen and oxygen atoms in total. The predicted molar refractivity (Wildman–Crippen MR) is 158 cm³/mol. The smallest absolute Gasteiger partial charge is 0.183 e. The second-order valence-corrected chi connectivity index (χ2v) is 32.0. The molecule has 0 saturated carbocycles. The maximum Gasteiger partial charge on any atom is 0.183 e. The monoisotopic (exact) mass is 666 g/mol. The van der Waals surface area contributed by atoms with Crippen LogP contribution in [0.1, 0.15) is 6.92 Å². The fourth-order valence-electron chi connectivity index (χ4n) is 3.16. The second kappa shape index (κ2) is 19.0. The quantitative estimate of drug-likeness (QED) is 0.275. The van der Waals surface area contributed by atoms with Crippen LogP contribution in [0.5, 0.6) is 0 Å². The molecule has 0 fully saturated rings. The van der Waals surface area contributed by atoms with Crippen LogP contribution in [0.25, 0.3) is 0 Å². The summed E-state index contributed by atoms with van der Waals surface area (Å²) in [5.74, 6) is 0. The van der Waals surface area contributed by atoms with Crippen molar-refractivity contribution in [1.82, 2.24) is 0 Å². The average molecular weight is 669 g/mol. The van der Waals surface area contributed by atoms with Crippen LogP contribution in [0.2, 0.25) is 77.6 Å². The molecule has 202 valence electrons. The van der Waals surface area contributed by atoms with E-state index in [2.05, 4.69) is 118 Å². The van der Waals surface area contributed by atoms with Crippen LogP contribution in [0.15, 0.2) is 48.5 Å². The number of rotatable bonds is 10. The first kappa shape index (κ1) is 40.3. The molecular formula is C26H50Cl2O2Si4Zr-2. The van der Waals surface area contributed by atoms with E-state index in [0.29, 0.717) is 0 Å². The first-order chi connectivity index (χ1) is 15.0. The molecule has 2 aromatic carbocycles. The molecule has 0 atom stereocenters. The summed E-state index contributed by atoms with van der Waals surface area (Å²) in [6.07, 6.45) is 0. The zero-order chi connectivity index (χ0) is 25.8. The molecule has 0 bridgehead atoms. The Hall–Kier alpha value is 0.821. The Morgan fingerprint density at radius 1 is 0.686 bits per heavy atom. The predicted octanol–water partition coefficient (Wildman–Crippen LogP) is 0.708. The van der Waals surface area contributed by atoms with E-state index < -0.39 is 32.8 Å². The standard InChI is InChI=1S/2C12H23OSi2.C2H4.2ClH.Zr/c2*1-14(2,3)13-10-11-15(4,5)12-8-6-7-9-12;1-2;;;/h2*6-9H,10-11H2,1-5H3;1H,2H3;2*1H;/q2*-1;;;;+2/p-2. The molecule has 0 spiro atoms. The van der Waals surface area contributed by atoms with E-state index >= 15 is 0 Å². The zero-order valence-corrected chi connectivity index (χ0v) is 32.1. The third-order valence-corrected chi connectivity index (χ3v) is 14.3. The summed E-state index contributed by atoms with van der Waals surface area (Å²) < 4.78 is 14.0. The van der Waals surface area contributed by atoms with Gasteiger partial charge < -0.3 is 33.7 Å². The summed E-state index contributed by atoms with van der Waals surface area (Å²) in [6.45, 7) is 27.2. The number of hydrogen-bond donors (Lipinski definition) is 0. The number of halogens is 2. The van der Waals surface area contributed by atoms with E-state index in [1.807, 2.05) is 6.92 Å². The van der Waals surface area contributed by atoms with Crippen molar-refractivity contribution in [3.05, 3.63) is 48.5 Å². The molecule has 35 heavy (non-hydrogen) atoms. The van der Waals surface area contributed by atoms with Gasteiger partial charge in [0.05, 0.1) is 16.1 Å². The molecule has 0 aromatic heterocycles. The van der Waals surface area contributed by atoms with Crippen LogP contribution in [0, 0.1) is 0 Å². The SMILES string of the molecule is C[CH]=[Zr+2].C[Si](C)(C)OCC[Si](C)(C)c1ccc[cH-]1.C[Si](C)(C)OCC[Si](C)(C)c1ccc[cH-]1.[Cl-].[Cl-]. The molecule has 0 radical (unpaired) electrons. The van der Waals surface area contributed by atoms with Crippen LogP contribution >= 0.6 is 0 Å². The van der Waals surface area contributed by atoms with Gasteiger partial charge >= 0.3 is 34.9 Å². The minimum absolute atomic E-state index is 0. The van der Waals surface area contributed by atoms with Crippen LogP contribution < -0.4 is 35.2 Å². The molecular weight excluding hydrogens is 619 g/mol. The van der Waals surface area contributed by atoms with Gasteiger partial charge in [-0.25, -0.2) is 24.3 Å². The summed E-state index contributed by atoms with van der Waals surface area (Å²) in [7, 11) is -5.10. The minimum Gasteiger partial charge on any atom is -1.00 e. The van der Waals surface area contributed by atoms with Crippen molar-refractivity contribution in [3.63, 3.8) is 0 Å². The Morgan fingerprint density at radius 2 is 0.971 bits per heavy atom. The van der Waals surface area contributed by atoms with Gasteiger partial charge in [0.25, 0.3) is 0 Å². The van der Waals surface area contributed by atoms with Gasteiger partial charge in [0.2, 0.25) is 0 Å². The first-order valence-corrected chi connectivity index (χ1v) is 26.9. The van der Waals surface area contributed by atoms with Gasteiger partial charge in [-0.15, -0.1) is 0 Å². The van der Waals surface area contributed by atoms with Gasteiger partial charge in [-0.1, -0.05) is 26.2 Å². The Balaban J connectivity index is -0.000000500. The van der Waals surface area contributed by atoms with Crippen LogP contribution in [0.4, 0.5) is 0 Å². The molecule has 0 aliphatic heterocycles. The molecule has 2 aromatic rings. The van der Waals surface area contributed by atoms with Crippen molar-refractivity contribution in [2.75, 3.05) is 13.2 Å².